The molecule has 0 unspecified atom stereocenters. The van der Waals surface area contributed by atoms with Gasteiger partial charge in [0.2, 0.25) is 0 Å². The number of carbonyl (C=O) groups excluding carboxylic acids is 2. The first-order valence-corrected chi connectivity index (χ1v) is 6.68. The molecule has 0 saturated carbocycles. The van der Waals surface area contributed by atoms with Crippen molar-refractivity contribution in [2.45, 2.75) is 0 Å². The molecule has 0 aliphatic carbocycles. The fraction of sp³-hybridized carbons (Fsp3) is 0.0769. The molecule has 7 heteroatoms. The normalized spacial score (nSPS) is 13.9. The van der Waals surface area contributed by atoms with E-state index >= 15 is 0 Å². The van der Waals surface area contributed by atoms with Crippen LogP contribution < -0.4 is 5.32 Å². The van der Waals surface area contributed by atoms with E-state index in [1.807, 2.05) is 0 Å². The highest BCUT2D eigenvalue weighted by atomic mass is 35.5. The fourth-order valence-corrected chi connectivity index (χ4v) is 2.14. The Morgan fingerprint density at radius 1 is 1.20 bits per heavy atom. The summed E-state index contributed by atoms with van der Waals surface area (Å²) in [5.41, 5.74) is 0.411. The van der Waals surface area contributed by atoms with Gasteiger partial charge in [-0.2, -0.15) is 0 Å². The highest BCUT2D eigenvalue weighted by Crippen LogP contribution is 2.20. The molecule has 1 aliphatic heterocycles. The lowest BCUT2D eigenvalue weighted by molar-refractivity contribution is -0.116. The molecule has 0 fully saturated rings. The summed E-state index contributed by atoms with van der Waals surface area (Å²) in [4.78, 5) is 23.9. The third-order valence-corrected chi connectivity index (χ3v) is 3.32. The van der Waals surface area contributed by atoms with Crippen LogP contribution in [0.15, 0.2) is 42.1 Å². The van der Waals surface area contributed by atoms with E-state index in [9.17, 15) is 9.59 Å². The highest BCUT2D eigenvalue weighted by molar-refractivity contribution is 6.36. The van der Waals surface area contributed by atoms with E-state index in [2.05, 4.69) is 5.32 Å². The van der Waals surface area contributed by atoms with E-state index in [1.165, 1.54) is 22.8 Å². The molecular weight excluding hydrogens is 323 g/mol. The molecule has 1 aliphatic rings. The van der Waals surface area contributed by atoms with E-state index in [4.69, 9.17) is 35.0 Å². The average molecular weight is 332 g/mol. The number of nitrogens with one attached hydrogen (secondary N) is 1. The molecule has 4 nitrogen and oxygen atoms in total. The molecule has 0 atom stereocenters. The van der Waals surface area contributed by atoms with Crippen LogP contribution in [0.25, 0.3) is 0 Å². The van der Waals surface area contributed by atoms with Crippen molar-refractivity contribution in [3.8, 4) is 0 Å². The zero-order valence-corrected chi connectivity index (χ0v) is 12.3. The van der Waals surface area contributed by atoms with Crippen LogP contribution in [0.4, 0.5) is 0 Å². The number of carbonyl (C=O) groups is 2. The second-order valence-electron chi connectivity index (χ2n) is 3.98. The Morgan fingerprint density at radius 3 is 2.65 bits per heavy atom. The maximum atomic E-state index is 12.0. The number of hydrogen-bond acceptors (Lipinski definition) is 3. The maximum Gasteiger partial charge on any atom is 0.259 e. The number of rotatable bonds is 2. The van der Waals surface area contributed by atoms with Gasteiger partial charge in [-0.3, -0.25) is 19.3 Å². The standard InChI is InChI=1S/C13H9Cl3N2O2/c14-9-3-4-11(15)10(6-9)13(20)17-12(19)8-2-1-5-18(16)7-8/h1-4,6-7H,5H2,(H,17,19,20). The number of hydrogen-bond donors (Lipinski definition) is 1. The van der Waals surface area contributed by atoms with Crippen molar-refractivity contribution >= 4 is 46.8 Å². The van der Waals surface area contributed by atoms with Gasteiger partial charge in [0.1, 0.15) is 0 Å². The Kier molecular flexibility index (Phi) is 4.70. The van der Waals surface area contributed by atoms with Crippen LogP contribution in [-0.2, 0) is 4.79 Å². The second kappa shape index (κ2) is 6.31. The number of amides is 2. The van der Waals surface area contributed by atoms with Crippen LogP contribution >= 0.6 is 35.0 Å². The van der Waals surface area contributed by atoms with E-state index in [0.717, 1.165) is 0 Å². The Bertz CT molecular complexity index is 626. The predicted octanol–water partition coefficient (Wildman–Crippen LogP) is 3.16. The largest absolute Gasteiger partial charge is 0.288 e. The molecule has 1 heterocycles. The first-order chi connectivity index (χ1) is 9.47. The maximum absolute atomic E-state index is 12.0. The van der Waals surface area contributed by atoms with Gasteiger partial charge in [-0.05, 0) is 18.2 Å². The smallest absolute Gasteiger partial charge is 0.259 e. The van der Waals surface area contributed by atoms with Crippen molar-refractivity contribution in [3.05, 3.63) is 57.7 Å². The molecule has 0 aromatic heterocycles. The zero-order chi connectivity index (χ0) is 14.7. The van der Waals surface area contributed by atoms with Gasteiger partial charge in [-0.15, -0.1) is 0 Å². The predicted molar refractivity (Wildman–Crippen MR) is 78.7 cm³/mol. The molecule has 0 saturated heterocycles. The molecule has 1 aromatic carbocycles. The van der Waals surface area contributed by atoms with Gasteiger partial charge < -0.3 is 0 Å². The minimum Gasteiger partial charge on any atom is -0.288 e. The van der Waals surface area contributed by atoms with Crippen LogP contribution in [0.2, 0.25) is 10.0 Å². The minimum absolute atomic E-state index is 0.135. The van der Waals surface area contributed by atoms with E-state index in [-0.39, 0.29) is 16.2 Å². The van der Waals surface area contributed by atoms with Crippen molar-refractivity contribution in [2.75, 3.05) is 6.54 Å². The third kappa shape index (κ3) is 3.54. The van der Waals surface area contributed by atoms with Crippen molar-refractivity contribution in [1.29, 1.82) is 0 Å². The molecule has 0 radical (unpaired) electrons. The monoisotopic (exact) mass is 330 g/mol. The van der Waals surface area contributed by atoms with Gasteiger partial charge >= 0.3 is 0 Å². The van der Waals surface area contributed by atoms with Crippen molar-refractivity contribution < 1.29 is 9.59 Å². The second-order valence-corrected chi connectivity index (χ2v) is 5.25. The average Bonchev–Trinajstić information content (AvgIpc) is 2.41. The minimum atomic E-state index is -0.622. The molecular formula is C13H9Cl3N2O2. The number of imide groups is 1. The molecule has 1 aromatic rings. The zero-order valence-electron chi connectivity index (χ0n) is 10.1. The summed E-state index contributed by atoms with van der Waals surface area (Å²) in [6, 6.07) is 4.44. The Labute approximate surface area is 130 Å². The Morgan fingerprint density at radius 2 is 1.95 bits per heavy atom. The van der Waals surface area contributed by atoms with E-state index in [1.54, 1.807) is 18.2 Å². The van der Waals surface area contributed by atoms with Gasteiger partial charge in [-0.25, -0.2) is 0 Å². The van der Waals surface area contributed by atoms with Crippen LogP contribution in [0.1, 0.15) is 10.4 Å². The number of nitrogens with zero attached hydrogens (tertiary/aromatic N) is 1. The van der Waals surface area contributed by atoms with Gasteiger partial charge in [0.25, 0.3) is 11.8 Å². The molecule has 2 amide bonds. The summed E-state index contributed by atoms with van der Waals surface area (Å²) < 4.78 is 1.31. The van der Waals surface area contributed by atoms with Crippen molar-refractivity contribution in [1.82, 2.24) is 9.74 Å². The SMILES string of the molecule is O=C(NC(=O)c1cc(Cl)ccc1Cl)C1=CN(Cl)CC=C1. The Balaban J connectivity index is 2.14. The molecule has 0 spiro atoms. The van der Waals surface area contributed by atoms with Crippen LogP contribution in [0.5, 0.6) is 0 Å². The summed E-state index contributed by atoms with van der Waals surface area (Å²) in [5, 5.41) is 2.80. The molecule has 104 valence electrons. The van der Waals surface area contributed by atoms with Crippen molar-refractivity contribution in [2.24, 2.45) is 0 Å². The van der Waals surface area contributed by atoms with Crippen LogP contribution in [0.3, 0.4) is 0 Å². The fourth-order valence-electron chi connectivity index (χ4n) is 1.58. The topological polar surface area (TPSA) is 49.4 Å². The van der Waals surface area contributed by atoms with Gasteiger partial charge in [-0.1, -0.05) is 35.4 Å². The van der Waals surface area contributed by atoms with Gasteiger partial charge in [0.05, 0.1) is 22.7 Å². The first-order valence-electron chi connectivity index (χ1n) is 5.59. The van der Waals surface area contributed by atoms with Gasteiger partial charge in [0, 0.05) is 23.0 Å². The van der Waals surface area contributed by atoms with Gasteiger partial charge in [0.15, 0.2) is 0 Å². The lowest BCUT2D eigenvalue weighted by Crippen LogP contribution is -2.32. The lowest BCUT2D eigenvalue weighted by Gasteiger charge is -2.14. The molecule has 2 rings (SSSR count). The molecule has 1 N–H and O–H groups in total. The highest BCUT2D eigenvalue weighted by Gasteiger charge is 2.17. The number of halogens is 3. The summed E-state index contributed by atoms with van der Waals surface area (Å²) in [6.45, 7) is 0.492. The third-order valence-electron chi connectivity index (χ3n) is 2.52. The first kappa shape index (κ1) is 14.9. The van der Waals surface area contributed by atoms with Crippen molar-refractivity contribution in [3.63, 3.8) is 0 Å². The summed E-state index contributed by atoms with van der Waals surface area (Å²) in [6.07, 6.45) is 4.73. The lowest BCUT2D eigenvalue weighted by atomic mass is 10.1. The molecule has 20 heavy (non-hydrogen) atoms. The summed E-state index contributed by atoms with van der Waals surface area (Å²) in [7, 11) is 0. The van der Waals surface area contributed by atoms with E-state index in [0.29, 0.717) is 11.6 Å². The van der Waals surface area contributed by atoms with Crippen LogP contribution in [-0.4, -0.2) is 22.8 Å². The van der Waals surface area contributed by atoms with Crippen LogP contribution in [0, 0.1) is 0 Å². The molecule has 0 bridgehead atoms. The summed E-state index contributed by atoms with van der Waals surface area (Å²) >= 11 is 17.4. The quantitative estimate of drug-likeness (QED) is 0.669. The summed E-state index contributed by atoms with van der Waals surface area (Å²) in [5.74, 6) is -1.18. The number of benzene rings is 1. The van der Waals surface area contributed by atoms with E-state index < -0.39 is 11.8 Å². The Hall–Kier alpha value is -1.49.